The van der Waals surface area contributed by atoms with Gasteiger partial charge in [0.15, 0.2) is 5.78 Å². The molecule has 0 amide bonds. The van der Waals surface area contributed by atoms with Crippen LogP contribution in [0.5, 0.6) is 0 Å². The quantitative estimate of drug-likeness (QED) is 0.503. The molecule has 0 aliphatic rings. The molecule has 1 aromatic rings. The molecule has 1 rings (SSSR count). The van der Waals surface area contributed by atoms with E-state index in [0.29, 0.717) is 6.42 Å². The summed E-state index contributed by atoms with van der Waals surface area (Å²) in [6.07, 6.45) is 3.94. The summed E-state index contributed by atoms with van der Waals surface area (Å²) in [5, 5.41) is 0. The van der Waals surface area contributed by atoms with Crippen LogP contribution in [0.2, 0.25) is 0 Å². The first-order valence-electron chi connectivity index (χ1n) is 5.57. The van der Waals surface area contributed by atoms with Crippen LogP contribution < -0.4 is 0 Å². The minimum atomic E-state index is 0.268. The van der Waals surface area contributed by atoms with E-state index < -0.39 is 0 Å². The third-order valence-corrected chi connectivity index (χ3v) is 2.43. The topological polar surface area (TPSA) is 17.1 Å². The number of hydrogen-bond donors (Lipinski definition) is 0. The fourth-order valence-electron chi connectivity index (χ4n) is 1.53. The second-order valence-corrected chi connectivity index (χ2v) is 4.20. The first kappa shape index (κ1) is 12.0. The maximum absolute atomic E-state index is 11.7. The highest BCUT2D eigenvalue weighted by Gasteiger charge is 2.04. The molecule has 15 heavy (non-hydrogen) atoms. The molecular formula is C14H19O. The molecule has 1 aromatic carbocycles. The first-order valence-corrected chi connectivity index (χ1v) is 5.57. The van der Waals surface area contributed by atoms with Crippen LogP contribution in [0.3, 0.4) is 0 Å². The van der Waals surface area contributed by atoms with Crippen molar-refractivity contribution in [3.05, 3.63) is 41.8 Å². The molecule has 81 valence electrons. The van der Waals surface area contributed by atoms with Crippen LogP contribution in [0.1, 0.15) is 49.9 Å². The van der Waals surface area contributed by atoms with E-state index in [1.54, 1.807) is 0 Å². The molecule has 0 spiro atoms. The Labute approximate surface area is 92.5 Å². The predicted molar refractivity (Wildman–Crippen MR) is 63.8 cm³/mol. The molecule has 0 aromatic heterocycles. The minimum absolute atomic E-state index is 0.268. The van der Waals surface area contributed by atoms with Crippen molar-refractivity contribution in [2.45, 2.75) is 39.5 Å². The highest BCUT2D eigenvalue weighted by atomic mass is 16.1. The summed E-state index contributed by atoms with van der Waals surface area (Å²) in [6.45, 7) is 4.28. The molecule has 0 saturated carbocycles. The number of ketones is 1. The molecule has 0 saturated heterocycles. The van der Waals surface area contributed by atoms with Crippen LogP contribution in [-0.4, -0.2) is 5.78 Å². The summed E-state index contributed by atoms with van der Waals surface area (Å²) in [4.78, 5) is 11.7. The Morgan fingerprint density at radius 2 is 1.60 bits per heavy atom. The smallest absolute Gasteiger partial charge is 0.162 e. The van der Waals surface area contributed by atoms with Crippen molar-refractivity contribution in [2.24, 2.45) is 0 Å². The van der Waals surface area contributed by atoms with Crippen molar-refractivity contribution in [3.8, 4) is 0 Å². The highest BCUT2D eigenvalue weighted by molar-refractivity contribution is 5.95. The standard InChI is InChI=1S/C14H19O/c1-12(2)8-6-7-11-14(15)13-9-4-3-5-10-13/h3-5,9-10H,6-8,11H2,1-2H3. The van der Waals surface area contributed by atoms with Gasteiger partial charge in [-0.1, -0.05) is 50.6 Å². The van der Waals surface area contributed by atoms with Gasteiger partial charge in [0.2, 0.25) is 0 Å². The van der Waals surface area contributed by atoms with Gasteiger partial charge in [0.05, 0.1) is 0 Å². The average Bonchev–Trinajstić information content (AvgIpc) is 2.25. The van der Waals surface area contributed by atoms with E-state index >= 15 is 0 Å². The van der Waals surface area contributed by atoms with E-state index in [1.807, 2.05) is 30.3 Å². The SMILES string of the molecule is C[C](C)CCCCC(=O)c1ccccc1. The van der Waals surface area contributed by atoms with Crippen molar-refractivity contribution in [3.63, 3.8) is 0 Å². The van der Waals surface area contributed by atoms with Crippen molar-refractivity contribution in [1.29, 1.82) is 0 Å². The number of carbonyl (C=O) groups excluding carboxylic acids is 1. The van der Waals surface area contributed by atoms with Gasteiger partial charge >= 0.3 is 0 Å². The molecule has 0 unspecified atom stereocenters. The van der Waals surface area contributed by atoms with Gasteiger partial charge in [-0.25, -0.2) is 0 Å². The van der Waals surface area contributed by atoms with E-state index in [4.69, 9.17) is 0 Å². The lowest BCUT2D eigenvalue weighted by atomic mass is 10.0. The molecule has 0 bridgehead atoms. The zero-order valence-corrected chi connectivity index (χ0v) is 9.62. The zero-order valence-electron chi connectivity index (χ0n) is 9.62. The van der Waals surface area contributed by atoms with Gasteiger partial charge in [-0.3, -0.25) is 4.79 Å². The van der Waals surface area contributed by atoms with E-state index in [9.17, 15) is 4.79 Å². The van der Waals surface area contributed by atoms with Crippen LogP contribution in [-0.2, 0) is 0 Å². The molecule has 0 heterocycles. The maximum Gasteiger partial charge on any atom is 0.162 e. The van der Waals surface area contributed by atoms with Crippen molar-refractivity contribution in [1.82, 2.24) is 0 Å². The Bertz CT molecular complexity index is 287. The van der Waals surface area contributed by atoms with E-state index in [-0.39, 0.29) is 5.78 Å². The van der Waals surface area contributed by atoms with Crippen molar-refractivity contribution < 1.29 is 4.79 Å². The number of rotatable bonds is 6. The van der Waals surface area contributed by atoms with Crippen LogP contribution >= 0.6 is 0 Å². The zero-order chi connectivity index (χ0) is 11.1. The maximum atomic E-state index is 11.7. The summed E-state index contributed by atoms with van der Waals surface area (Å²) in [5.74, 6) is 1.71. The highest BCUT2D eigenvalue weighted by Crippen LogP contribution is 2.12. The molecule has 0 fully saturated rings. The molecule has 1 nitrogen and oxygen atoms in total. The predicted octanol–water partition coefficient (Wildman–Crippen LogP) is 4.04. The monoisotopic (exact) mass is 203 g/mol. The largest absolute Gasteiger partial charge is 0.294 e. The second kappa shape index (κ2) is 6.39. The minimum Gasteiger partial charge on any atom is -0.294 e. The van der Waals surface area contributed by atoms with Crippen LogP contribution in [0.4, 0.5) is 0 Å². The Hall–Kier alpha value is -1.11. The van der Waals surface area contributed by atoms with Gasteiger partial charge in [-0.2, -0.15) is 0 Å². The molecule has 1 heteroatoms. The fourth-order valence-corrected chi connectivity index (χ4v) is 1.53. The Kier molecular flexibility index (Phi) is 5.09. The summed E-state index contributed by atoms with van der Waals surface area (Å²) in [5.41, 5.74) is 0.842. The van der Waals surface area contributed by atoms with Crippen LogP contribution in [0.25, 0.3) is 0 Å². The van der Waals surface area contributed by atoms with Crippen molar-refractivity contribution >= 4 is 5.78 Å². The Balaban J connectivity index is 2.25. The Morgan fingerprint density at radius 1 is 1.00 bits per heavy atom. The second-order valence-electron chi connectivity index (χ2n) is 4.20. The van der Waals surface area contributed by atoms with Crippen LogP contribution in [0, 0.1) is 5.92 Å². The van der Waals surface area contributed by atoms with E-state index in [1.165, 1.54) is 5.92 Å². The third-order valence-electron chi connectivity index (χ3n) is 2.43. The number of carbonyl (C=O) groups is 1. The molecular weight excluding hydrogens is 184 g/mol. The van der Waals surface area contributed by atoms with E-state index in [2.05, 4.69) is 13.8 Å². The number of hydrogen-bond acceptors (Lipinski definition) is 1. The third kappa shape index (κ3) is 4.78. The summed E-state index contributed by atoms with van der Waals surface area (Å²) >= 11 is 0. The van der Waals surface area contributed by atoms with Gasteiger partial charge in [0.1, 0.15) is 0 Å². The van der Waals surface area contributed by atoms with Crippen molar-refractivity contribution in [2.75, 3.05) is 0 Å². The molecule has 0 aliphatic carbocycles. The lowest BCUT2D eigenvalue weighted by Gasteiger charge is -2.03. The lowest BCUT2D eigenvalue weighted by molar-refractivity contribution is 0.0979. The summed E-state index contributed by atoms with van der Waals surface area (Å²) in [6, 6.07) is 9.54. The lowest BCUT2D eigenvalue weighted by Crippen LogP contribution is -1.98. The van der Waals surface area contributed by atoms with Gasteiger partial charge < -0.3 is 0 Å². The number of unbranched alkanes of at least 4 members (excludes halogenated alkanes) is 1. The van der Waals surface area contributed by atoms with Crippen LogP contribution in [0.15, 0.2) is 30.3 Å². The molecule has 0 atom stereocenters. The molecule has 1 radical (unpaired) electrons. The first-order chi connectivity index (χ1) is 7.20. The molecule has 0 aliphatic heterocycles. The summed E-state index contributed by atoms with van der Waals surface area (Å²) in [7, 11) is 0. The van der Waals surface area contributed by atoms with Gasteiger partial charge in [0.25, 0.3) is 0 Å². The number of benzene rings is 1. The Morgan fingerprint density at radius 3 is 2.20 bits per heavy atom. The average molecular weight is 203 g/mol. The van der Waals surface area contributed by atoms with Gasteiger partial charge in [-0.05, 0) is 18.8 Å². The normalized spacial score (nSPS) is 10.6. The molecule has 0 N–H and O–H groups in total. The van der Waals surface area contributed by atoms with Gasteiger partial charge in [0, 0.05) is 12.0 Å². The van der Waals surface area contributed by atoms with E-state index in [0.717, 1.165) is 24.8 Å². The number of Topliss-reactive ketones (excluding diaryl/α,β-unsaturated/α-hetero) is 1. The summed E-state index contributed by atoms with van der Waals surface area (Å²) < 4.78 is 0. The van der Waals surface area contributed by atoms with Gasteiger partial charge in [-0.15, -0.1) is 0 Å². The fraction of sp³-hybridized carbons (Fsp3) is 0.429.